The van der Waals surface area contributed by atoms with Gasteiger partial charge < -0.3 is 14.5 Å². The fourth-order valence-corrected chi connectivity index (χ4v) is 8.55. The van der Waals surface area contributed by atoms with Crippen LogP contribution in [0.4, 0.5) is 0 Å². The average molecular weight is 936 g/mol. The quantitative estimate of drug-likeness (QED) is 0.176. The summed E-state index contributed by atoms with van der Waals surface area (Å²) in [5.74, 6) is 0. The topological polar surface area (TPSA) is 82.7 Å². The van der Waals surface area contributed by atoms with Crippen molar-refractivity contribution < 1.29 is 21.1 Å². The second kappa shape index (κ2) is 14.6. The Bertz CT molecular complexity index is 3320. The molecule has 7 heteroatoms. The average Bonchev–Trinajstić information content (AvgIpc) is 4.13. The predicted molar refractivity (Wildman–Crippen MR) is 237 cm³/mol. The number of aromatic nitrogens is 5. The van der Waals surface area contributed by atoms with Gasteiger partial charge in [0.2, 0.25) is 0 Å². The number of fused-ring (bicyclic) bond motifs is 11. The Balaban J connectivity index is 0.00000420. The van der Waals surface area contributed by atoms with Crippen LogP contribution in [-0.2, 0) is 21.1 Å². The van der Waals surface area contributed by atoms with Crippen LogP contribution in [0.2, 0.25) is 0 Å². The predicted octanol–water partition coefficient (Wildman–Crippen LogP) is 12.2. The minimum Gasteiger partial charge on any atom is -0.657 e. The Morgan fingerprint density at radius 3 is 1.46 bits per heavy atom. The number of rotatable bonds is 4. The van der Waals surface area contributed by atoms with Crippen LogP contribution in [0.15, 0.2) is 152 Å². The van der Waals surface area contributed by atoms with Crippen LogP contribution in [0.25, 0.3) is 107 Å². The summed E-state index contributed by atoms with van der Waals surface area (Å²) in [5.41, 5.74) is 16.5. The molecule has 4 aromatic heterocycles. The molecule has 6 nitrogen and oxygen atoms in total. The molecule has 0 fully saturated rings. The normalized spacial score (nSPS) is 11.9. The largest absolute Gasteiger partial charge is 2.00 e. The molecule has 11 rings (SSSR count). The first kappa shape index (κ1) is 36.0. The van der Waals surface area contributed by atoms with Crippen molar-refractivity contribution in [2.24, 2.45) is 0 Å². The molecule has 6 heterocycles. The SMILES string of the molecule is Cc1cc(C#N)cc(-c2c3nc(c(-c4ccccc4)c4ccc([n-]4)c(-n4c5ccccc5c5ccccc54)c4nc(c(-c5ccccc5)c5ccc2[n-]5)C=C4)C=C3)c1.[Pt+2]. The molecule has 0 atom stereocenters. The minimum atomic E-state index is 0. The van der Waals surface area contributed by atoms with Crippen molar-refractivity contribution in [2.45, 2.75) is 6.92 Å². The molecular weight excluding hydrogens is 904 g/mol. The Morgan fingerprint density at radius 1 is 0.475 bits per heavy atom. The van der Waals surface area contributed by atoms with Crippen molar-refractivity contribution in [1.82, 2.24) is 24.5 Å². The molecule has 2 aliphatic rings. The van der Waals surface area contributed by atoms with E-state index in [0.29, 0.717) is 5.56 Å². The van der Waals surface area contributed by atoms with Gasteiger partial charge in [-0.25, -0.2) is 9.97 Å². The summed E-state index contributed by atoms with van der Waals surface area (Å²) >= 11 is 0. The Hall–Kier alpha value is -7.32. The van der Waals surface area contributed by atoms with Crippen molar-refractivity contribution >= 4 is 68.2 Å². The van der Waals surface area contributed by atoms with Crippen LogP contribution < -0.4 is 9.97 Å². The number of benzene rings is 5. The summed E-state index contributed by atoms with van der Waals surface area (Å²) in [6.07, 6.45) is 8.32. The number of aryl methyl sites for hydroxylation is 1. The first-order valence-electron chi connectivity index (χ1n) is 19.3. The van der Waals surface area contributed by atoms with Gasteiger partial charge in [0.1, 0.15) is 0 Å². The first-order valence-corrected chi connectivity index (χ1v) is 19.3. The zero-order valence-electron chi connectivity index (χ0n) is 31.7. The number of hydrogen-bond donors (Lipinski definition) is 0. The molecule has 0 aliphatic carbocycles. The van der Waals surface area contributed by atoms with Gasteiger partial charge in [-0.15, -0.1) is 22.1 Å². The zero-order valence-corrected chi connectivity index (χ0v) is 34.0. The second-order valence-electron chi connectivity index (χ2n) is 14.6. The van der Waals surface area contributed by atoms with E-state index in [-0.39, 0.29) is 21.1 Å². The minimum absolute atomic E-state index is 0. The maximum atomic E-state index is 10.0. The molecule has 0 N–H and O–H groups in total. The maximum absolute atomic E-state index is 10.0. The monoisotopic (exact) mass is 935 g/mol. The number of para-hydroxylation sites is 2. The van der Waals surface area contributed by atoms with Crippen molar-refractivity contribution in [3.8, 4) is 45.1 Å². The van der Waals surface area contributed by atoms with Crippen LogP contribution in [0.3, 0.4) is 0 Å². The molecule has 0 spiro atoms. The summed E-state index contributed by atoms with van der Waals surface area (Å²) in [7, 11) is 0. The third-order valence-electron chi connectivity index (χ3n) is 11.0. The van der Waals surface area contributed by atoms with Crippen molar-refractivity contribution in [1.29, 1.82) is 5.26 Å². The summed E-state index contributed by atoms with van der Waals surface area (Å²) in [6.45, 7) is 2.01. The molecule has 59 heavy (non-hydrogen) atoms. The van der Waals surface area contributed by atoms with Crippen molar-refractivity contribution in [3.05, 3.63) is 186 Å². The standard InChI is InChI=1S/C52H32N6.Pt/c1-32-28-33(31-53)30-36(29-32)51-43-22-20-39(54-43)49(34-12-4-2-5-13-34)41-24-26-45(56-41)52(58-47-18-10-8-16-37(47)38-17-9-11-19-48(38)58)46-27-25-42(57-46)50(35-14-6-3-7-15-35)40-21-23-44(51)55-40;/h2-30H,1H3;/q-2;+2. The van der Waals surface area contributed by atoms with Gasteiger partial charge in [-0.1, -0.05) is 127 Å². The molecule has 5 aromatic carbocycles. The first-order chi connectivity index (χ1) is 28.6. The van der Waals surface area contributed by atoms with Crippen molar-refractivity contribution in [3.63, 3.8) is 0 Å². The summed E-state index contributed by atoms with van der Waals surface area (Å²) < 4.78 is 2.31. The molecular formula is C52H32N6Pt. The molecule has 2 aliphatic heterocycles. The Morgan fingerprint density at radius 2 is 0.915 bits per heavy atom. The molecule has 0 saturated heterocycles. The van der Waals surface area contributed by atoms with Gasteiger partial charge in [-0.2, -0.15) is 5.26 Å². The van der Waals surface area contributed by atoms with E-state index in [1.54, 1.807) is 0 Å². The van der Waals surface area contributed by atoms with Crippen LogP contribution >= 0.6 is 0 Å². The van der Waals surface area contributed by atoms with E-state index < -0.39 is 0 Å². The number of nitrogens with zero attached hydrogens (tertiary/aromatic N) is 6. The molecule has 0 amide bonds. The summed E-state index contributed by atoms with van der Waals surface area (Å²) in [5, 5.41) is 12.3. The van der Waals surface area contributed by atoms with Crippen LogP contribution in [0, 0.1) is 18.3 Å². The third kappa shape index (κ3) is 6.07. The van der Waals surface area contributed by atoms with Crippen molar-refractivity contribution in [2.75, 3.05) is 0 Å². The maximum Gasteiger partial charge on any atom is 2.00 e. The van der Waals surface area contributed by atoms with Gasteiger partial charge >= 0.3 is 21.1 Å². The smallest absolute Gasteiger partial charge is 0.657 e. The molecule has 0 saturated carbocycles. The van der Waals surface area contributed by atoms with E-state index in [4.69, 9.17) is 19.9 Å². The summed E-state index contributed by atoms with van der Waals surface area (Å²) in [4.78, 5) is 21.7. The molecule has 8 bridgehead atoms. The molecule has 9 aromatic rings. The van der Waals surface area contributed by atoms with Gasteiger partial charge in [0, 0.05) is 10.8 Å². The second-order valence-corrected chi connectivity index (χ2v) is 14.6. The van der Waals surface area contributed by atoms with Crippen LogP contribution in [-0.4, -0.2) is 14.5 Å². The van der Waals surface area contributed by atoms with E-state index >= 15 is 0 Å². The number of nitriles is 1. The van der Waals surface area contributed by atoms with E-state index in [2.05, 4.69) is 138 Å². The fraction of sp³-hybridized carbons (Fsp3) is 0.0192. The van der Waals surface area contributed by atoms with E-state index in [1.807, 2.05) is 55.5 Å². The van der Waals surface area contributed by atoms with E-state index in [1.165, 1.54) is 0 Å². The van der Waals surface area contributed by atoms with Crippen LogP contribution in [0.5, 0.6) is 0 Å². The van der Waals surface area contributed by atoms with Gasteiger partial charge in [0.25, 0.3) is 0 Å². The zero-order chi connectivity index (χ0) is 38.7. The van der Waals surface area contributed by atoms with Gasteiger partial charge in [0.15, 0.2) is 0 Å². The van der Waals surface area contributed by atoms with Crippen LogP contribution in [0.1, 0.15) is 33.9 Å². The third-order valence-corrected chi connectivity index (χ3v) is 11.0. The van der Waals surface area contributed by atoms with E-state index in [9.17, 15) is 5.26 Å². The summed E-state index contributed by atoms with van der Waals surface area (Å²) in [6, 6.07) is 54.3. The molecule has 0 unspecified atom stereocenters. The Kier molecular flexibility index (Phi) is 8.90. The van der Waals surface area contributed by atoms with E-state index in [0.717, 1.165) is 111 Å². The molecule has 0 radical (unpaired) electrons. The molecule has 280 valence electrons. The van der Waals surface area contributed by atoms with Gasteiger partial charge in [-0.3, -0.25) is 0 Å². The fourth-order valence-electron chi connectivity index (χ4n) is 8.55. The van der Waals surface area contributed by atoms with Gasteiger partial charge in [0.05, 0.1) is 51.1 Å². The number of hydrogen-bond acceptors (Lipinski definition) is 3. The Labute approximate surface area is 354 Å². The van der Waals surface area contributed by atoms with Gasteiger partial charge in [-0.05, 0) is 94.4 Å².